The molecule has 0 spiro atoms. The highest BCUT2D eigenvalue weighted by atomic mass is 16.5. The molecule has 0 saturated carbocycles. The number of carbonyl (C=O) groups is 2. The molecule has 0 N–H and O–H groups in total. The summed E-state index contributed by atoms with van der Waals surface area (Å²) in [6.07, 6.45) is 2.86. The van der Waals surface area contributed by atoms with E-state index in [1.807, 2.05) is 20.4 Å². The van der Waals surface area contributed by atoms with Gasteiger partial charge in [-0.15, -0.1) is 0 Å². The number of nitrogens with zero attached hydrogens (tertiary/aromatic N) is 4. The second-order valence-corrected chi connectivity index (χ2v) is 11.2. The van der Waals surface area contributed by atoms with Gasteiger partial charge in [0.05, 0.1) is 7.11 Å². The van der Waals surface area contributed by atoms with Gasteiger partial charge in [0.1, 0.15) is 11.9 Å². The first-order valence-electron chi connectivity index (χ1n) is 13.5. The lowest BCUT2D eigenvalue weighted by Gasteiger charge is -2.34. The third-order valence-electron chi connectivity index (χ3n) is 8.84. The summed E-state index contributed by atoms with van der Waals surface area (Å²) >= 11 is 0. The fourth-order valence-corrected chi connectivity index (χ4v) is 6.57. The van der Waals surface area contributed by atoms with Gasteiger partial charge in [0.25, 0.3) is 5.91 Å². The van der Waals surface area contributed by atoms with Crippen molar-refractivity contribution in [2.45, 2.75) is 51.9 Å². The molecule has 2 aliphatic rings. The molecule has 3 aromatic carbocycles. The van der Waals surface area contributed by atoms with Crippen molar-refractivity contribution < 1.29 is 18.9 Å². The van der Waals surface area contributed by atoms with E-state index in [2.05, 4.69) is 69.1 Å². The summed E-state index contributed by atoms with van der Waals surface area (Å²) in [4.78, 5) is 31.4. The summed E-state index contributed by atoms with van der Waals surface area (Å²) < 4.78 is 9.20. The molecule has 39 heavy (non-hydrogen) atoms. The minimum absolute atomic E-state index is 0.00280. The third kappa shape index (κ3) is 3.99. The Morgan fingerprint density at radius 3 is 2.51 bits per heavy atom. The molecule has 1 fully saturated rings. The lowest BCUT2D eigenvalue weighted by Crippen LogP contribution is -2.50. The number of anilines is 1. The predicted molar refractivity (Wildman–Crippen MR) is 151 cm³/mol. The van der Waals surface area contributed by atoms with E-state index in [4.69, 9.17) is 4.74 Å². The second-order valence-electron chi connectivity index (χ2n) is 11.2. The van der Waals surface area contributed by atoms with E-state index in [-0.39, 0.29) is 36.4 Å². The molecule has 0 bridgehead atoms. The maximum atomic E-state index is 13.9. The molecule has 3 heterocycles. The minimum Gasteiger partial charge on any atom is -0.497 e. The maximum absolute atomic E-state index is 13.9. The summed E-state index contributed by atoms with van der Waals surface area (Å²) in [6.45, 7) is 7.58. The highest BCUT2D eigenvalue weighted by molar-refractivity contribution is 5.95. The average molecular weight is 524 g/mol. The van der Waals surface area contributed by atoms with Crippen LogP contribution in [0.15, 0.2) is 67.0 Å². The van der Waals surface area contributed by atoms with Crippen molar-refractivity contribution in [2.75, 3.05) is 25.6 Å². The lowest BCUT2D eigenvalue weighted by atomic mass is 9.81. The number of hydrogen-bond donors (Lipinski definition) is 0. The Hall–Kier alpha value is -4.13. The smallest absolute Gasteiger partial charge is 0.266 e. The van der Waals surface area contributed by atoms with Crippen LogP contribution in [0, 0.1) is 13.8 Å². The minimum atomic E-state index is -0.0852. The van der Waals surface area contributed by atoms with E-state index in [0.717, 1.165) is 40.9 Å². The molecule has 6 rings (SSSR count). The zero-order chi connectivity index (χ0) is 27.5. The first-order valence-corrected chi connectivity index (χ1v) is 13.5. The van der Waals surface area contributed by atoms with Crippen LogP contribution in [0.5, 0.6) is 5.75 Å². The Morgan fingerprint density at radius 1 is 1.05 bits per heavy atom. The number of benzene rings is 3. The van der Waals surface area contributed by atoms with Crippen LogP contribution in [0.2, 0.25) is 0 Å². The van der Waals surface area contributed by atoms with Crippen molar-refractivity contribution in [3.8, 4) is 5.75 Å². The van der Waals surface area contributed by atoms with Crippen molar-refractivity contribution in [1.29, 1.82) is 0 Å². The van der Waals surface area contributed by atoms with E-state index < -0.39 is 0 Å². The molecule has 0 radical (unpaired) electrons. The molecule has 2 atom stereocenters. The molecule has 2 aliphatic heterocycles. The summed E-state index contributed by atoms with van der Waals surface area (Å²) in [6, 6.07) is 19.9. The molecule has 0 aliphatic carbocycles. The molecular weight excluding hydrogens is 488 g/mol. The second kappa shape index (κ2) is 9.26. The van der Waals surface area contributed by atoms with E-state index >= 15 is 0 Å². The molecular formula is C32H35N4O3+. The Kier molecular flexibility index (Phi) is 5.97. The van der Waals surface area contributed by atoms with Gasteiger partial charge >= 0.3 is 0 Å². The van der Waals surface area contributed by atoms with Gasteiger partial charge in [-0.05, 0) is 79.4 Å². The van der Waals surface area contributed by atoms with E-state index in [0.29, 0.717) is 5.56 Å². The van der Waals surface area contributed by atoms with Crippen molar-refractivity contribution >= 4 is 28.4 Å². The van der Waals surface area contributed by atoms with E-state index in [1.165, 1.54) is 11.3 Å². The molecule has 1 amide bonds. The maximum Gasteiger partial charge on any atom is 0.266 e. The zero-order valence-electron chi connectivity index (χ0n) is 23.3. The van der Waals surface area contributed by atoms with Gasteiger partial charge in [-0.3, -0.25) is 9.59 Å². The van der Waals surface area contributed by atoms with E-state index in [1.54, 1.807) is 31.4 Å². The number of amides is 1. The van der Waals surface area contributed by atoms with Gasteiger partial charge in [-0.1, -0.05) is 25.1 Å². The normalized spacial score (nSPS) is 19.9. The number of Topliss-reactive ketones (excluding diaryl/α,β-unsaturated/α-hetero) is 1. The lowest BCUT2D eigenvalue weighted by molar-refractivity contribution is -0.657. The molecule has 7 nitrogen and oxygen atoms in total. The highest BCUT2D eigenvalue weighted by Crippen LogP contribution is 2.51. The number of aromatic nitrogens is 2. The number of aryl methyl sites for hydroxylation is 2. The van der Waals surface area contributed by atoms with Gasteiger partial charge < -0.3 is 14.5 Å². The van der Waals surface area contributed by atoms with Crippen LogP contribution in [-0.4, -0.2) is 48.0 Å². The van der Waals surface area contributed by atoms with Crippen molar-refractivity contribution in [1.82, 2.24) is 9.47 Å². The summed E-state index contributed by atoms with van der Waals surface area (Å²) in [5, 5.41) is 0. The number of imidazole rings is 1. The van der Waals surface area contributed by atoms with Gasteiger partial charge in [0, 0.05) is 30.3 Å². The van der Waals surface area contributed by atoms with E-state index in [9.17, 15) is 9.59 Å². The molecule has 7 heteroatoms. The SMILES string of the molecule is COc1ccc(C(=O)C[n+]2cn(CC(=O)N3CCC4(C)c5ccccc5N(C)C34)c3cc(C)c(C)cc32)cc1. The average Bonchev–Trinajstić information content (AvgIpc) is 3.52. The number of likely N-dealkylation sites (tertiary alicyclic amines) is 1. The largest absolute Gasteiger partial charge is 0.497 e. The quantitative estimate of drug-likeness (QED) is 0.278. The van der Waals surface area contributed by atoms with Crippen molar-refractivity contribution in [3.63, 3.8) is 0 Å². The Bertz CT molecular complexity index is 1610. The van der Waals surface area contributed by atoms with Crippen molar-refractivity contribution in [2.24, 2.45) is 0 Å². The Balaban J connectivity index is 1.30. The van der Waals surface area contributed by atoms with Crippen LogP contribution in [-0.2, 0) is 23.3 Å². The van der Waals surface area contributed by atoms with Crippen LogP contribution in [0.4, 0.5) is 5.69 Å². The molecule has 1 aromatic heterocycles. The van der Waals surface area contributed by atoms with Crippen molar-refractivity contribution in [3.05, 3.63) is 89.2 Å². The first kappa shape index (κ1) is 25.2. The number of fused-ring (bicyclic) bond motifs is 4. The topological polar surface area (TPSA) is 58.7 Å². The van der Waals surface area contributed by atoms with Gasteiger partial charge in [-0.2, -0.15) is 0 Å². The number of ketones is 1. The van der Waals surface area contributed by atoms with Gasteiger partial charge in [0.2, 0.25) is 12.1 Å². The molecule has 200 valence electrons. The molecule has 1 saturated heterocycles. The number of carbonyl (C=O) groups excluding carboxylic acids is 2. The number of likely N-dealkylation sites (N-methyl/N-ethyl adjacent to an activating group) is 1. The van der Waals surface area contributed by atoms with Gasteiger partial charge in [-0.25, -0.2) is 9.13 Å². The van der Waals surface area contributed by atoms with Gasteiger partial charge in [0.15, 0.2) is 24.1 Å². The fourth-order valence-electron chi connectivity index (χ4n) is 6.57. The summed E-state index contributed by atoms with van der Waals surface area (Å²) in [5.74, 6) is 0.813. The number of methoxy groups -OCH3 is 1. The number of ether oxygens (including phenoxy) is 1. The standard InChI is InChI=1S/C32H35N4O3/c1-21-16-27-28(17-22(21)2)35(20-34(27)18-29(37)23-10-12-24(39-5)13-11-23)19-30(38)36-15-14-32(3)25-8-6-7-9-26(25)33(4)31(32)36/h6-13,16-17,20,31H,14-15,18-19H2,1-5H3/q+1. The Morgan fingerprint density at radius 2 is 1.77 bits per heavy atom. The first-order chi connectivity index (χ1) is 18.7. The number of para-hydroxylation sites is 1. The summed E-state index contributed by atoms with van der Waals surface area (Å²) in [7, 11) is 3.70. The van der Waals surface area contributed by atoms with Crippen LogP contribution < -0.4 is 14.2 Å². The zero-order valence-corrected chi connectivity index (χ0v) is 23.3. The number of rotatable bonds is 6. The monoisotopic (exact) mass is 523 g/mol. The summed E-state index contributed by atoms with van der Waals surface area (Å²) in [5.41, 5.74) is 7.28. The molecule has 2 unspecified atom stereocenters. The van der Waals surface area contributed by atoms with Crippen LogP contribution in [0.3, 0.4) is 0 Å². The van der Waals surface area contributed by atoms with Crippen LogP contribution >= 0.6 is 0 Å². The third-order valence-corrected chi connectivity index (χ3v) is 8.84. The number of hydrogen-bond acceptors (Lipinski definition) is 4. The molecule has 4 aromatic rings. The van der Waals surface area contributed by atoms with Crippen LogP contribution in [0.1, 0.15) is 40.4 Å². The van der Waals surface area contributed by atoms with Crippen LogP contribution in [0.25, 0.3) is 11.0 Å². The Labute approximate surface area is 229 Å². The predicted octanol–water partition coefficient (Wildman–Crippen LogP) is 4.40. The fraction of sp³-hybridized carbons (Fsp3) is 0.344. The highest BCUT2D eigenvalue weighted by Gasteiger charge is 2.54.